The Morgan fingerprint density at radius 2 is 0.875 bits per heavy atom. The molecule has 286 valence electrons. The molecule has 0 bridgehead atoms. The van der Waals surface area contributed by atoms with Gasteiger partial charge in [-0.05, 0) is 133 Å². The summed E-state index contributed by atoms with van der Waals surface area (Å²) in [6.07, 6.45) is 31.1. The highest BCUT2D eigenvalue weighted by molar-refractivity contribution is 5.10. The monoisotopic (exact) mass is 671 g/mol. The molecule has 9 saturated carbocycles. The van der Waals surface area contributed by atoms with Crippen molar-refractivity contribution in [2.75, 3.05) is 0 Å². The summed E-state index contributed by atoms with van der Waals surface area (Å²) in [7, 11) is 0. The van der Waals surface area contributed by atoms with Gasteiger partial charge in [-0.15, -0.1) is 0 Å². The maximum atomic E-state index is 2.37. The lowest BCUT2D eigenvalue weighted by Crippen LogP contribution is -2.20. The molecule has 0 N–H and O–H groups in total. The van der Waals surface area contributed by atoms with E-state index in [1.807, 2.05) is 0 Å². The Morgan fingerprint density at radius 3 is 0.896 bits per heavy atom. The Labute approximate surface area is 306 Å². The summed E-state index contributed by atoms with van der Waals surface area (Å²) >= 11 is 0. The minimum atomic E-state index is 0.708. The molecule has 0 heterocycles. The molecule has 0 aromatic rings. The van der Waals surface area contributed by atoms with E-state index in [1.165, 1.54) is 116 Å². The van der Waals surface area contributed by atoms with E-state index in [2.05, 4.69) is 96.9 Å². The van der Waals surface area contributed by atoms with Gasteiger partial charge in [-0.1, -0.05) is 174 Å². The molecule has 0 aliphatic heterocycles. The molecule has 0 saturated heterocycles. The topological polar surface area (TPSA) is 0 Å². The first kappa shape index (κ1) is 44.2. The van der Waals surface area contributed by atoms with Gasteiger partial charge in [0.1, 0.15) is 0 Å². The van der Waals surface area contributed by atoms with Crippen molar-refractivity contribution in [3.8, 4) is 0 Å². The number of rotatable bonds is 2. The van der Waals surface area contributed by atoms with Crippen LogP contribution in [0.1, 0.15) is 232 Å². The van der Waals surface area contributed by atoms with Gasteiger partial charge < -0.3 is 0 Å². The summed E-state index contributed by atoms with van der Waals surface area (Å²) in [6, 6.07) is 0. The van der Waals surface area contributed by atoms with Crippen LogP contribution in [0.5, 0.6) is 0 Å². The second kappa shape index (κ2) is 20.9. The third-order valence-electron chi connectivity index (χ3n) is 15.1. The third kappa shape index (κ3) is 18.5. The molecule has 0 nitrogen and oxygen atoms in total. The van der Waals surface area contributed by atoms with E-state index in [9.17, 15) is 0 Å². The molecule has 9 aliphatic rings. The summed E-state index contributed by atoms with van der Waals surface area (Å²) < 4.78 is 0. The predicted octanol–water partition coefficient (Wildman–Crippen LogP) is 16.6. The van der Waals surface area contributed by atoms with Crippen LogP contribution in [0.3, 0.4) is 0 Å². The van der Waals surface area contributed by atoms with E-state index in [4.69, 9.17) is 0 Å². The van der Waals surface area contributed by atoms with Crippen LogP contribution in [0.4, 0.5) is 0 Å². The minimum Gasteiger partial charge on any atom is -0.0651 e. The highest BCUT2D eigenvalue weighted by Crippen LogP contribution is 2.70. The van der Waals surface area contributed by atoms with Gasteiger partial charge in [0, 0.05) is 0 Å². The van der Waals surface area contributed by atoms with Crippen LogP contribution in [0.2, 0.25) is 0 Å². The summed E-state index contributed by atoms with van der Waals surface area (Å²) in [5.41, 5.74) is 2.39. The first-order valence-electron chi connectivity index (χ1n) is 22.4. The van der Waals surface area contributed by atoms with E-state index in [1.54, 1.807) is 19.3 Å². The van der Waals surface area contributed by atoms with Crippen LogP contribution >= 0.6 is 0 Å². The molecule has 9 rings (SSSR count). The fourth-order valence-electron chi connectivity index (χ4n) is 8.16. The molecule has 0 aromatic carbocycles. The number of hydrogen-bond acceptors (Lipinski definition) is 0. The molecule has 0 aromatic heterocycles. The second-order valence-electron chi connectivity index (χ2n) is 21.3. The zero-order valence-electron chi connectivity index (χ0n) is 36.1. The van der Waals surface area contributed by atoms with Crippen LogP contribution in [0, 0.1) is 75.4 Å². The molecule has 48 heavy (non-hydrogen) atoms. The number of hydrogen-bond donors (Lipinski definition) is 0. The van der Waals surface area contributed by atoms with Gasteiger partial charge in [0.25, 0.3) is 0 Å². The van der Waals surface area contributed by atoms with Gasteiger partial charge in [0.15, 0.2) is 0 Å². The fraction of sp³-hybridized carbons (Fsp3) is 1.00. The van der Waals surface area contributed by atoms with Gasteiger partial charge in [0.2, 0.25) is 0 Å². The molecule has 9 fully saturated rings. The largest absolute Gasteiger partial charge is 0.0651 e. The first-order valence-corrected chi connectivity index (χ1v) is 22.4. The average molecular weight is 671 g/mol. The average Bonchev–Trinajstić information content (AvgIpc) is 3.95. The van der Waals surface area contributed by atoms with Crippen molar-refractivity contribution in [1.29, 1.82) is 0 Å². The zero-order valence-corrected chi connectivity index (χ0v) is 36.1. The zero-order chi connectivity index (χ0) is 36.1. The van der Waals surface area contributed by atoms with Crippen LogP contribution in [0.15, 0.2) is 0 Å². The fourth-order valence-corrected chi connectivity index (χ4v) is 8.16. The molecular weight excluding hydrogens is 577 g/mol. The Hall–Kier alpha value is 0. The van der Waals surface area contributed by atoms with Gasteiger partial charge in [-0.2, -0.15) is 0 Å². The smallest absolute Gasteiger partial charge is 0.0268 e. The summed E-state index contributed by atoms with van der Waals surface area (Å²) in [5, 5.41) is 0. The molecular formula is C48H94. The minimum absolute atomic E-state index is 0.708. The summed E-state index contributed by atoms with van der Waals surface area (Å²) in [6.45, 7) is 32.5. The normalized spacial score (nSPS) is 37.1. The van der Waals surface area contributed by atoms with Crippen molar-refractivity contribution >= 4 is 0 Å². The Balaban J connectivity index is 0.000000191. The SMILES string of the molecule is CC1(C)CCC1.CC1CC(C)C1.CC1CC1(C)C.CC1CCCC1.CC1CC[C@H]1C.CCC1CC1C.CCC1CCC1.C[C@H]1CC12CC2. The van der Waals surface area contributed by atoms with Crippen LogP contribution in [-0.4, -0.2) is 0 Å². The molecule has 9 aliphatic carbocycles. The highest BCUT2D eigenvalue weighted by Gasteiger charge is 2.59. The van der Waals surface area contributed by atoms with Crippen molar-refractivity contribution in [2.24, 2.45) is 75.4 Å². The molecule has 1 spiro atoms. The van der Waals surface area contributed by atoms with Crippen molar-refractivity contribution in [3.63, 3.8) is 0 Å². The molecule has 0 radical (unpaired) electrons. The van der Waals surface area contributed by atoms with Crippen molar-refractivity contribution < 1.29 is 0 Å². The summed E-state index contributed by atoms with van der Waals surface area (Å²) in [4.78, 5) is 0. The Bertz CT molecular complexity index is 761. The van der Waals surface area contributed by atoms with Crippen LogP contribution < -0.4 is 0 Å². The van der Waals surface area contributed by atoms with Crippen LogP contribution in [0.25, 0.3) is 0 Å². The quantitative estimate of drug-likeness (QED) is 0.274. The van der Waals surface area contributed by atoms with Crippen molar-refractivity contribution in [3.05, 3.63) is 0 Å². The lowest BCUT2D eigenvalue weighted by Gasteiger charge is -2.33. The lowest BCUT2D eigenvalue weighted by molar-refractivity contribution is 0.190. The first-order chi connectivity index (χ1) is 22.4. The predicted molar refractivity (Wildman–Crippen MR) is 219 cm³/mol. The molecule has 0 amide bonds. The highest BCUT2D eigenvalue weighted by atomic mass is 14.6. The van der Waals surface area contributed by atoms with E-state index in [-0.39, 0.29) is 0 Å². The van der Waals surface area contributed by atoms with Crippen LogP contribution in [-0.2, 0) is 0 Å². The molecule has 4 unspecified atom stereocenters. The molecule has 6 atom stereocenters. The second-order valence-corrected chi connectivity index (χ2v) is 21.3. The van der Waals surface area contributed by atoms with Crippen molar-refractivity contribution in [2.45, 2.75) is 232 Å². The van der Waals surface area contributed by atoms with E-state index in [0.717, 1.165) is 70.0 Å². The van der Waals surface area contributed by atoms with E-state index < -0.39 is 0 Å². The molecule has 0 heteroatoms. The van der Waals surface area contributed by atoms with Gasteiger partial charge in [-0.25, -0.2) is 0 Å². The maximum Gasteiger partial charge on any atom is -0.0268 e. The van der Waals surface area contributed by atoms with Gasteiger partial charge in [-0.3, -0.25) is 0 Å². The van der Waals surface area contributed by atoms with Gasteiger partial charge in [0.05, 0.1) is 0 Å². The maximum absolute atomic E-state index is 2.37. The Kier molecular flexibility index (Phi) is 19.2. The third-order valence-corrected chi connectivity index (χ3v) is 15.1. The van der Waals surface area contributed by atoms with Gasteiger partial charge >= 0.3 is 0 Å². The van der Waals surface area contributed by atoms with Crippen molar-refractivity contribution in [1.82, 2.24) is 0 Å². The Morgan fingerprint density at radius 1 is 0.458 bits per heavy atom. The van der Waals surface area contributed by atoms with E-state index in [0.29, 0.717) is 5.41 Å². The summed E-state index contributed by atoms with van der Waals surface area (Å²) in [5.74, 6) is 10.6. The lowest BCUT2D eigenvalue weighted by atomic mass is 9.72. The standard InChI is InChI=1S/C6H10.7C6H12/c1-5-4-6(5)2-3-6;1-5-4-6(5,2)3;1-5-3-6(2)4-5;1-6(2)4-3-5-6;1-5-3-4-6(5)2;1-6-4-2-3-5-6;1-3-6-4-5(6)2;1-2-6-4-3-5-6/h5H,2-4H2,1H3;5H,4H2,1-3H3;5-6H,3-4H2,1-2H3;3-5H2,1-2H3;5-6H,3-4H2,1-2H3;6H,2-5H2,1H3;5-6H,3-4H2,1-2H3;6H,2-5H2,1H3/t5-;;;;5-,6?;;;/m0...1.../s1. The van der Waals surface area contributed by atoms with E-state index >= 15 is 0 Å².